The summed E-state index contributed by atoms with van der Waals surface area (Å²) in [6.45, 7) is 4.26. The topological polar surface area (TPSA) is 197 Å². The molecule has 0 bridgehead atoms. The molecule has 0 radical (unpaired) electrons. The number of hydrogen-bond donors (Lipinski definition) is 2. The first kappa shape index (κ1) is 36.1. The number of benzene rings is 2. The van der Waals surface area contributed by atoms with Crippen LogP contribution in [0, 0.1) is 0 Å². The molecule has 2 N–H and O–H groups in total. The monoisotopic (exact) mass is 698 g/mol. The van der Waals surface area contributed by atoms with Gasteiger partial charge in [-0.2, -0.15) is 0 Å². The molecule has 2 aromatic heterocycles. The number of carbonyl (C=O) groups is 2. The summed E-state index contributed by atoms with van der Waals surface area (Å²) in [6.07, 6.45) is 0. The number of aromatic carboxylic acids is 2. The number of fused-ring (bicyclic) bond motifs is 2. The Morgan fingerprint density at radius 1 is 0.560 bits per heavy atom. The van der Waals surface area contributed by atoms with Crippen molar-refractivity contribution in [2.75, 3.05) is 103 Å². The van der Waals surface area contributed by atoms with E-state index in [-0.39, 0.29) is 11.2 Å². The van der Waals surface area contributed by atoms with E-state index in [0.29, 0.717) is 113 Å². The summed E-state index contributed by atoms with van der Waals surface area (Å²) in [7, 11) is 3.00. The maximum Gasteiger partial charge on any atom is 0.351 e. The first-order valence-electron chi connectivity index (χ1n) is 15.8. The molecule has 50 heavy (non-hydrogen) atoms. The molecule has 268 valence electrons. The lowest BCUT2D eigenvalue weighted by molar-refractivity contribution is 0.0435. The third kappa shape index (κ3) is 8.70. The minimum absolute atomic E-state index is 0.214. The molecule has 0 atom stereocenters. The van der Waals surface area contributed by atoms with E-state index < -0.39 is 34.3 Å². The highest BCUT2D eigenvalue weighted by molar-refractivity contribution is 5.94. The third-order valence-corrected chi connectivity index (χ3v) is 7.98. The largest absolute Gasteiger partial charge is 0.495 e. The second-order valence-electron chi connectivity index (χ2n) is 11.1. The SMILES string of the molecule is COc1cc2cc(C(=O)O)c(=O)oc2cc1N1CCOCCOCCN(c2cc3oc(=O)c(C(=O)O)cc3cc2OC)CCOCCOCC1. The van der Waals surface area contributed by atoms with Crippen molar-refractivity contribution < 1.29 is 57.1 Å². The van der Waals surface area contributed by atoms with Crippen molar-refractivity contribution >= 4 is 45.3 Å². The maximum atomic E-state index is 12.2. The van der Waals surface area contributed by atoms with Gasteiger partial charge in [0.25, 0.3) is 0 Å². The van der Waals surface area contributed by atoms with E-state index in [1.54, 1.807) is 24.3 Å². The van der Waals surface area contributed by atoms with Crippen LogP contribution in [0.5, 0.6) is 11.5 Å². The number of carboxylic acids is 2. The van der Waals surface area contributed by atoms with Crippen molar-refractivity contribution in [2.45, 2.75) is 0 Å². The Bertz CT molecular complexity index is 1780. The molecule has 16 heteroatoms. The van der Waals surface area contributed by atoms with Crippen LogP contribution in [-0.2, 0) is 18.9 Å². The highest BCUT2D eigenvalue weighted by Crippen LogP contribution is 2.34. The average molecular weight is 699 g/mol. The fourth-order valence-corrected chi connectivity index (χ4v) is 5.44. The van der Waals surface area contributed by atoms with Gasteiger partial charge in [-0.3, -0.25) is 0 Å². The lowest BCUT2D eigenvalue weighted by Crippen LogP contribution is -2.33. The van der Waals surface area contributed by atoms with Crippen molar-refractivity contribution in [1.82, 2.24) is 0 Å². The Balaban J connectivity index is 1.26. The summed E-state index contributed by atoms with van der Waals surface area (Å²) < 4.78 is 45.3. The number of hydrogen-bond acceptors (Lipinski definition) is 14. The molecule has 1 saturated heterocycles. The average Bonchev–Trinajstić information content (AvgIpc) is 3.09. The molecule has 16 nitrogen and oxygen atoms in total. The molecular formula is C34H38N2O14. The molecule has 0 amide bonds. The van der Waals surface area contributed by atoms with Crippen LogP contribution in [0.1, 0.15) is 20.7 Å². The Kier molecular flexibility index (Phi) is 12.3. The van der Waals surface area contributed by atoms with E-state index in [0.717, 1.165) is 0 Å². The fraction of sp³-hybridized carbons (Fsp3) is 0.412. The summed E-state index contributed by atoms with van der Waals surface area (Å²) in [5, 5.41) is 19.5. The van der Waals surface area contributed by atoms with Crippen molar-refractivity contribution in [3.8, 4) is 11.5 Å². The van der Waals surface area contributed by atoms with Crippen LogP contribution in [-0.4, -0.2) is 115 Å². The van der Waals surface area contributed by atoms with Gasteiger partial charge in [0.05, 0.1) is 78.4 Å². The van der Waals surface area contributed by atoms with Gasteiger partial charge in [0, 0.05) is 49.1 Å². The predicted octanol–water partition coefficient (Wildman–Crippen LogP) is 2.71. The molecule has 5 rings (SSSR count). The van der Waals surface area contributed by atoms with E-state index in [1.165, 1.54) is 26.4 Å². The summed E-state index contributed by atoms with van der Waals surface area (Å²) in [5.41, 5.74) is -1.17. The quantitative estimate of drug-likeness (QED) is 0.279. The molecule has 0 saturated carbocycles. The molecule has 0 spiro atoms. The molecule has 1 aliphatic rings. The molecular weight excluding hydrogens is 660 g/mol. The normalized spacial score (nSPS) is 16.1. The van der Waals surface area contributed by atoms with Gasteiger partial charge >= 0.3 is 23.2 Å². The van der Waals surface area contributed by atoms with Gasteiger partial charge in [0.1, 0.15) is 33.8 Å². The molecule has 2 aromatic carbocycles. The van der Waals surface area contributed by atoms with E-state index in [4.69, 9.17) is 37.3 Å². The summed E-state index contributed by atoms with van der Waals surface area (Å²) in [6, 6.07) is 9.04. The number of rotatable bonds is 6. The zero-order chi connectivity index (χ0) is 35.6. The Labute approximate surface area is 285 Å². The van der Waals surface area contributed by atoms with E-state index in [9.17, 15) is 29.4 Å². The second-order valence-corrected chi connectivity index (χ2v) is 11.1. The summed E-state index contributed by atoms with van der Waals surface area (Å²) in [4.78, 5) is 51.3. The van der Waals surface area contributed by atoms with Crippen LogP contribution in [0.2, 0.25) is 0 Å². The smallest absolute Gasteiger partial charge is 0.351 e. The predicted molar refractivity (Wildman–Crippen MR) is 180 cm³/mol. The molecule has 0 unspecified atom stereocenters. The van der Waals surface area contributed by atoms with Crippen molar-refractivity contribution in [1.29, 1.82) is 0 Å². The zero-order valence-electron chi connectivity index (χ0n) is 27.6. The first-order valence-corrected chi connectivity index (χ1v) is 15.8. The first-order chi connectivity index (χ1) is 24.2. The van der Waals surface area contributed by atoms with Crippen molar-refractivity contribution in [3.63, 3.8) is 0 Å². The zero-order valence-corrected chi connectivity index (χ0v) is 27.6. The number of ether oxygens (including phenoxy) is 6. The van der Waals surface area contributed by atoms with Crippen LogP contribution >= 0.6 is 0 Å². The minimum atomic E-state index is -1.38. The third-order valence-electron chi connectivity index (χ3n) is 7.98. The number of methoxy groups -OCH3 is 2. The minimum Gasteiger partial charge on any atom is -0.495 e. The van der Waals surface area contributed by atoms with E-state index >= 15 is 0 Å². The molecule has 4 aromatic rings. The highest BCUT2D eigenvalue weighted by Gasteiger charge is 2.20. The number of nitrogens with zero attached hydrogens (tertiary/aromatic N) is 2. The van der Waals surface area contributed by atoms with Crippen LogP contribution in [0.4, 0.5) is 11.4 Å². The van der Waals surface area contributed by atoms with Gasteiger partial charge in [-0.25, -0.2) is 19.2 Å². The number of carboxylic acid groups (broad SMARTS) is 2. The standard InChI is InChI=1S/C34H38N2O14/c1-43-29-17-21-15-23(31(37)38)33(41)49-27(21)19-25(29)35-3-7-45-11-13-47-9-5-36(6-10-48-14-12-46-8-4-35)26-20-28-22(18-30(26)44-2)16-24(32(39)40)34(42)50-28/h15-20H,3-14H2,1-2H3,(H,37,38)(H,39,40). The van der Waals surface area contributed by atoms with E-state index in [1.807, 2.05) is 9.80 Å². The van der Waals surface area contributed by atoms with Crippen LogP contribution < -0.4 is 30.5 Å². The Morgan fingerprint density at radius 2 is 0.900 bits per heavy atom. The van der Waals surface area contributed by atoms with Gasteiger partial charge in [-0.15, -0.1) is 0 Å². The summed E-state index contributed by atoms with van der Waals surface area (Å²) >= 11 is 0. The van der Waals surface area contributed by atoms with Gasteiger partial charge in [0.15, 0.2) is 0 Å². The van der Waals surface area contributed by atoms with Crippen LogP contribution in [0.15, 0.2) is 54.8 Å². The molecule has 0 aliphatic carbocycles. The lowest BCUT2D eigenvalue weighted by Gasteiger charge is -2.27. The van der Waals surface area contributed by atoms with Gasteiger partial charge in [-0.05, 0) is 24.3 Å². The van der Waals surface area contributed by atoms with Gasteiger partial charge in [-0.1, -0.05) is 0 Å². The van der Waals surface area contributed by atoms with Crippen LogP contribution in [0.3, 0.4) is 0 Å². The molecule has 1 fully saturated rings. The summed E-state index contributed by atoms with van der Waals surface area (Å²) in [5.74, 6) is -1.85. The highest BCUT2D eigenvalue weighted by atomic mass is 16.5. The Morgan fingerprint density at radius 3 is 1.20 bits per heavy atom. The molecule has 1 aliphatic heterocycles. The maximum absolute atomic E-state index is 12.2. The lowest BCUT2D eigenvalue weighted by atomic mass is 10.1. The van der Waals surface area contributed by atoms with Crippen LogP contribution in [0.25, 0.3) is 21.9 Å². The Hall–Kier alpha value is -5.16. The van der Waals surface area contributed by atoms with Gasteiger partial charge in [0.2, 0.25) is 0 Å². The fourth-order valence-electron chi connectivity index (χ4n) is 5.44. The number of anilines is 2. The van der Waals surface area contributed by atoms with Crippen molar-refractivity contribution in [2.24, 2.45) is 0 Å². The van der Waals surface area contributed by atoms with Crippen molar-refractivity contribution in [3.05, 3.63) is 68.4 Å². The second kappa shape index (κ2) is 17.0. The van der Waals surface area contributed by atoms with Gasteiger partial charge < -0.3 is 57.3 Å². The molecule has 3 heterocycles. The van der Waals surface area contributed by atoms with E-state index in [2.05, 4.69) is 0 Å².